The first-order valence-electron chi connectivity index (χ1n) is 19.2. The Morgan fingerprint density at radius 2 is 1.18 bits per heavy atom. The van der Waals surface area contributed by atoms with Crippen LogP contribution < -0.4 is 5.32 Å². The monoisotopic (exact) mass is 764 g/mol. The van der Waals surface area contributed by atoms with Gasteiger partial charge in [-0.3, -0.25) is 0 Å². The minimum absolute atomic E-state index is 0.236. The minimum atomic E-state index is -0.236. The summed E-state index contributed by atoms with van der Waals surface area (Å²) in [5.41, 5.74) is 9.31. The van der Waals surface area contributed by atoms with E-state index in [9.17, 15) is 0 Å². The number of nitrogens with zero attached hydrogens (tertiary/aromatic N) is 3. The third kappa shape index (κ3) is 5.18. The molecule has 4 heterocycles. The highest BCUT2D eigenvalue weighted by Crippen LogP contribution is 2.45. The van der Waals surface area contributed by atoms with Crippen molar-refractivity contribution in [2.45, 2.75) is 6.17 Å². The minimum Gasteiger partial charge on any atom is -0.344 e. The topological polar surface area (TPSA) is 41.7 Å². The van der Waals surface area contributed by atoms with Gasteiger partial charge in [0.2, 0.25) is 0 Å². The third-order valence-corrected chi connectivity index (χ3v) is 13.6. The van der Waals surface area contributed by atoms with Gasteiger partial charge in [-0.2, -0.15) is 0 Å². The van der Waals surface area contributed by atoms with Crippen molar-refractivity contribution in [2.24, 2.45) is 9.98 Å². The number of thiophene rings is 2. The van der Waals surface area contributed by atoms with Crippen molar-refractivity contribution < 1.29 is 0 Å². The van der Waals surface area contributed by atoms with E-state index < -0.39 is 0 Å². The van der Waals surface area contributed by atoms with Crippen LogP contribution in [0, 0.1) is 0 Å². The lowest BCUT2D eigenvalue weighted by molar-refractivity contribution is 0.674. The number of amidine groups is 2. The van der Waals surface area contributed by atoms with Gasteiger partial charge in [-0.25, -0.2) is 9.98 Å². The number of para-hydroxylation sites is 2. The Kier molecular flexibility index (Phi) is 7.30. The van der Waals surface area contributed by atoms with E-state index >= 15 is 0 Å². The molecule has 0 spiro atoms. The summed E-state index contributed by atoms with van der Waals surface area (Å²) >= 11 is 3.72. The van der Waals surface area contributed by atoms with Crippen LogP contribution in [0.15, 0.2) is 192 Å². The Labute approximate surface area is 336 Å². The summed E-state index contributed by atoms with van der Waals surface area (Å²) in [5.74, 6) is 1.56. The molecule has 3 aromatic heterocycles. The van der Waals surface area contributed by atoms with Crippen molar-refractivity contribution in [3.63, 3.8) is 0 Å². The number of nitrogens with one attached hydrogen (secondary N) is 1. The van der Waals surface area contributed by atoms with Crippen LogP contribution in [0.1, 0.15) is 22.9 Å². The lowest BCUT2D eigenvalue weighted by atomic mass is 9.97. The SMILES string of the molecule is c1ccc(C2=NC(c3ccc4c(c3)sc3cccc(-c5ccc6sc7c(-n8c9ccccc9c9ccccc98)cccc7c6c5)c34)=NC(c3ccccc3)N2)cc1. The van der Waals surface area contributed by atoms with Gasteiger partial charge in [-0.05, 0) is 59.2 Å². The second-order valence-electron chi connectivity index (χ2n) is 14.6. The van der Waals surface area contributed by atoms with Gasteiger partial charge in [0.25, 0.3) is 0 Å². The molecule has 0 saturated carbocycles. The molecule has 0 saturated heterocycles. The van der Waals surface area contributed by atoms with E-state index in [1.807, 2.05) is 46.9 Å². The van der Waals surface area contributed by atoms with Crippen molar-refractivity contribution in [3.05, 3.63) is 199 Å². The molecular weight excluding hydrogens is 733 g/mol. The summed E-state index contributed by atoms with van der Waals surface area (Å²) in [6, 6.07) is 65.5. The van der Waals surface area contributed by atoms with Gasteiger partial charge in [0.15, 0.2) is 5.84 Å². The Morgan fingerprint density at radius 1 is 0.474 bits per heavy atom. The zero-order valence-electron chi connectivity index (χ0n) is 30.6. The van der Waals surface area contributed by atoms with Crippen molar-refractivity contribution in [3.8, 4) is 16.8 Å². The van der Waals surface area contributed by atoms with Crippen LogP contribution in [0.4, 0.5) is 0 Å². The van der Waals surface area contributed by atoms with Crippen molar-refractivity contribution >= 4 is 96.5 Å². The fraction of sp³-hybridized carbons (Fsp3) is 0.0196. The highest BCUT2D eigenvalue weighted by atomic mass is 32.1. The van der Waals surface area contributed by atoms with Crippen LogP contribution in [0.25, 0.3) is 79.0 Å². The van der Waals surface area contributed by atoms with Crippen LogP contribution in [0.3, 0.4) is 0 Å². The largest absolute Gasteiger partial charge is 0.344 e. The molecule has 0 fully saturated rings. The number of aromatic nitrogens is 1. The zero-order chi connectivity index (χ0) is 37.5. The summed E-state index contributed by atoms with van der Waals surface area (Å²) < 4.78 is 7.53. The number of benzene rings is 8. The second kappa shape index (κ2) is 12.8. The lowest BCUT2D eigenvalue weighted by Gasteiger charge is -2.23. The second-order valence-corrected chi connectivity index (χ2v) is 16.7. The molecule has 0 bridgehead atoms. The van der Waals surface area contributed by atoms with E-state index in [0.29, 0.717) is 0 Å². The molecule has 1 unspecified atom stereocenters. The average molecular weight is 765 g/mol. The molecule has 268 valence electrons. The smallest absolute Gasteiger partial charge is 0.159 e. The van der Waals surface area contributed by atoms with E-state index in [-0.39, 0.29) is 6.17 Å². The van der Waals surface area contributed by atoms with Crippen molar-refractivity contribution in [1.82, 2.24) is 9.88 Å². The first-order valence-corrected chi connectivity index (χ1v) is 20.8. The van der Waals surface area contributed by atoms with E-state index in [2.05, 4.69) is 168 Å². The number of hydrogen-bond donors (Lipinski definition) is 1. The Morgan fingerprint density at radius 3 is 1.98 bits per heavy atom. The molecule has 6 heteroatoms. The first kappa shape index (κ1) is 32.4. The number of rotatable bonds is 5. The molecule has 0 amide bonds. The van der Waals surface area contributed by atoms with Crippen LogP contribution in [-0.2, 0) is 0 Å². The molecule has 0 aliphatic carbocycles. The fourth-order valence-electron chi connectivity index (χ4n) is 8.64. The van der Waals surface area contributed by atoms with Crippen molar-refractivity contribution in [2.75, 3.05) is 0 Å². The van der Waals surface area contributed by atoms with Gasteiger partial charge in [-0.1, -0.05) is 140 Å². The summed E-state index contributed by atoms with van der Waals surface area (Å²) in [6.45, 7) is 0. The summed E-state index contributed by atoms with van der Waals surface area (Å²) in [5, 5.41) is 11.3. The summed E-state index contributed by atoms with van der Waals surface area (Å²) in [6.07, 6.45) is -0.236. The maximum Gasteiger partial charge on any atom is 0.159 e. The maximum atomic E-state index is 5.15. The summed E-state index contributed by atoms with van der Waals surface area (Å²) in [7, 11) is 0. The standard InChI is InChI=1S/C51H32N4S2/c1-3-13-31(14-4-1)49-52-50(32-15-5-2-6-16-32)54-51(53-49)34-25-27-39-46(30-34)56-45-24-12-19-35(47(39)45)33-26-28-44-40(29-33)38-20-11-23-43(48(38)57-44)55-41-21-9-7-17-36(41)37-18-8-10-22-42(37)55/h1-30,49H,(H,52,53,54). The molecule has 1 N–H and O–H groups in total. The van der Waals surface area contributed by atoms with Gasteiger partial charge < -0.3 is 9.88 Å². The highest BCUT2D eigenvalue weighted by Gasteiger charge is 2.22. The van der Waals surface area contributed by atoms with E-state index in [1.165, 1.54) is 79.0 Å². The van der Waals surface area contributed by atoms with E-state index in [1.54, 1.807) is 0 Å². The maximum absolute atomic E-state index is 5.15. The highest BCUT2D eigenvalue weighted by molar-refractivity contribution is 7.26. The Bertz CT molecular complexity index is 3390. The molecule has 1 aliphatic heterocycles. The molecule has 1 aliphatic rings. The molecule has 11 aromatic rings. The molecule has 12 rings (SSSR count). The fourth-order valence-corrected chi connectivity index (χ4v) is 11.0. The third-order valence-electron chi connectivity index (χ3n) is 11.3. The molecular formula is C51H32N4S2. The Balaban J connectivity index is 0.980. The van der Waals surface area contributed by atoms with Gasteiger partial charge >= 0.3 is 0 Å². The quantitative estimate of drug-likeness (QED) is 0.186. The van der Waals surface area contributed by atoms with Gasteiger partial charge in [0.1, 0.15) is 12.0 Å². The van der Waals surface area contributed by atoms with E-state index in [4.69, 9.17) is 9.98 Å². The molecule has 4 nitrogen and oxygen atoms in total. The normalized spacial score (nSPS) is 14.5. The average Bonchev–Trinajstić information content (AvgIpc) is 3.96. The first-order chi connectivity index (χ1) is 28.2. The van der Waals surface area contributed by atoms with Gasteiger partial charge in [-0.15, -0.1) is 22.7 Å². The molecule has 1 atom stereocenters. The van der Waals surface area contributed by atoms with Crippen LogP contribution in [-0.4, -0.2) is 16.2 Å². The van der Waals surface area contributed by atoms with Gasteiger partial charge in [0.05, 0.1) is 21.4 Å². The molecule has 57 heavy (non-hydrogen) atoms. The molecule has 0 radical (unpaired) electrons. The number of hydrogen-bond acceptors (Lipinski definition) is 5. The van der Waals surface area contributed by atoms with Crippen molar-refractivity contribution in [1.29, 1.82) is 0 Å². The van der Waals surface area contributed by atoms with Crippen LogP contribution >= 0.6 is 22.7 Å². The lowest BCUT2D eigenvalue weighted by Crippen LogP contribution is -2.33. The predicted molar refractivity (Wildman–Crippen MR) is 244 cm³/mol. The van der Waals surface area contributed by atoms with E-state index in [0.717, 1.165) is 28.4 Å². The van der Waals surface area contributed by atoms with Crippen LogP contribution in [0.5, 0.6) is 0 Å². The number of fused-ring (bicyclic) bond motifs is 9. The summed E-state index contributed by atoms with van der Waals surface area (Å²) in [4.78, 5) is 10.2. The predicted octanol–water partition coefficient (Wildman–Crippen LogP) is 13.7. The number of aliphatic imine (C=N–C) groups is 2. The van der Waals surface area contributed by atoms with Gasteiger partial charge in [0, 0.05) is 57.5 Å². The Hall–Kier alpha value is -6.86. The molecule has 8 aromatic carbocycles. The van der Waals surface area contributed by atoms with Crippen LogP contribution in [0.2, 0.25) is 0 Å². The zero-order valence-corrected chi connectivity index (χ0v) is 32.2.